The monoisotopic (exact) mass is 211 g/mol. The van der Waals surface area contributed by atoms with Crippen LogP contribution >= 0.6 is 0 Å². The van der Waals surface area contributed by atoms with Gasteiger partial charge in [0.2, 0.25) is 0 Å². The van der Waals surface area contributed by atoms with Crippen molar-refractivity contribution in [3.63, 3.8) is 0 Å². The van der Waals surface area contributed by atoms with Gasteiger partial charge < -0.3 is 9.26 Å². The molecule has 1 aromatic rings. The maximum absolute atomic E-state index is 5.62. The smallest absolute Gasteiger partial charge is 0.257 e. The van der Waals surface area contributed by atoms with Crippen molar-refractivity contribution in [2.45, 2.75) is 32.9 Å². The molecule has 15 heavy (non-hydrogen) atoms. The van der Waals surface area contributed by atoms with Gasteiger partial charge in [0, 0.05) is 19.1 Å². The van der Waals surface area contributed by atoms with E-state index in [1.54, 1.807) is 0 Å². The topological polar surface area (TPSA) is 51.4 Å². The number of hydrogen-bond acceptors (Lipinski definition) is 5. The lowest BCUT2D eigenvalue weighted by Crippen LogP contribution is -2.42. The Bertz CT molecular complexity index is 324. The first-order valence-corrected chi connectivity index (χ1v) is 5.32. The number of hydrogen-bond donors (Lipinski definition) is 0. The zero-order chi connectivity index (χ0) is 10.8. The fourth-order valence-electron chi connectivity index (χ4n) is 1.73. The summed E-state index contributed by atoms with van der Waals surface area (Å²) in [6, 6.07) is 0.528. The predicted octanol–water partition coefficient (Wildman–Crippen LogP) is 1.16. The second-order valence-corrected chi connectivity index (χ2v) is 4.13. The first-order valence-electron chi connectivity index (χ1n) is 5.32. The van der Waals surface area contributed by atoms with Crippen LogP contribution in [-0.4, -0.2) is 40.8 Å². The summed E-state index contributed by atoms with van der Waals surface area (Å²) >= 11 is 0. The standard InChI is InChI=1S/C10H17N3O2/c1-7(2)13-4-5-14-9(6-13)10-11-8(3)12-15-10/h7,9H,4-6H2,1-3H3/t9-/m1/s1. The Morgan fingerprint density at radius 3 is 2.87 bits per heavy atom. The summed E-state index contributed by atoms with van der Waals surface area (Å²) in [7, 11) is 0. The minimum absolute atomic E-state index is 0.0673. The van der Waals surface area contributed by atoms with E-state index in [0.29, 0.717) is 17.8 Å². The molecule has 1 aromatic heterocycles. The molecule has 0 aliphatic carbocycles. The predicted molar refractivity (Wildman–Crippen MR) is 54.4 cm³/mol. The SMILES string of the molecule is Cc1noc([C@H]2CN(C(C)C)CCO2)n1. The van der Waals surface area contributed by atoms with E-state index in [0.717, 1.165) is 19.7 Å². The highest BCUT2D eigenvalue weighted by Gasteiger charge is 2.27. The molecule has 84 valence electrons. The van der Waals surface area contributed by atoms with Gasteiger partial charge in [0.25, 0.3) is 5.89 Å². The minimum atomic E-state index is -0.0673. The summed E-state index contributed by atoms with van der Waals surface area (Å²) in [5.74, 6) is 1.26. The van der Waals surface area contributed by atoms with E-state index < -0.39 is 0 Å². The number of aryl methyl sites for hydroxylation is 1. The van der Waals surface area contributed by atoms with E-state index >= 15 is 0 Å². The molecule has 0 aromatic carbocycles. The van der Waals surface area contributed by atoms with Crippen molar-refractivity contribution in [2.75, 3.05) is 19.7 Å². The highest BCUT2D eigenvalue weighted by molar-refractivity contribution is 4.91. The number of nitrogens with zero attached hydrogens (tertiary/aromatic N) is 3. The minimum Gasteiger partial charge on any atom is -0.366 e. The lowest BCUT2D eigenvalue weighted by molar-refractivity contribution is -0.0539. The van der Waals surface area contributed by atoms with Gasteiger partial charge in [-0.05, 0) is 20.8 Å². The van der Waals surface area contributed by atoms with Gasteiger partial charge in [-0.1, -0.05) is 5.16 Å². The van der Waals surface area contributed by atoms with Crippen LogP contribution in [0.15, 0.2) is 4.52 Å². The van der Waals surface area contributed by atoms with Crippen molar-refractivity contribution in [1.29, 1.82) is 0 Å². The molecule has 2 rings (SSSR count). The van der Waals surface area contributed by atoms with Crippen molar-refractivity contribution in [3.8, 4) is 0 Å². The molecule has 0 radical (unpaired) electrons. The molecule has 0 saturated carbocycles. The van der Waals surface area contributed by atoms with E-state index in [1.165, 1.54) is 0 Å². The molecular weight excluding hydrogens is 194 g/mol. The van der Waals surface area contributed by atoms with E-state index in [2.05, 4.69) is 28.9 Å². The van der Waals surface area contributed by atoms with Crippen LogP contribution < -0.4 is 0 Å². The van der Waals surface area contributed by atoms with Crippen molar-refractivity contribution in [2.24, 2.45) is 0 Å². The third kappa shape index (κ3) is 2.35. The fourth-order valence-corrected chi connectivity index (χ4v) is 1.73. The molecule has 0 bridgehead atoms. The molecular formula is C10H17N3O2. The molecule has 0 N–H and O–H groups in total. The second kappa shape index (κ2) is 4.28. The van der Waals surface area contributed by atoms with Gasteiger partial charge in [-0.25, -0.2) is 0 Å². The van der Waals surface area contributed by atoms with E-state index in [1.807, 2.05) is 6.92 Å². The van der Waals surface area contributed by atoms with Crippen LogP contribution in [0.4, 0.5) is 0 Å². The van der Waals surface area contributed by atoms with Crippen LogP contribution in [0, 0.1) is 6.92 Å². The van der Waals surface area contributed by atoms with Crippen LogP contribution in [0.3, 0.4) is 0 Å². The zero-order valence-corrected chi connectivity index (χ0v) is 9.43. The Morgan fingerprint density at radius 1 is 1.47 bits per heavy atom. The third-order valence-corrected chi connectivity index (χ3v) is 2.65. The Labute approximate surface area is 89.4 Å². The largest absolute Gasteiger partial charge is 0.366 e. The van der Waals surface area contributed by atoms with Crippen LogP contribution in [-0.2, 0) is 4.74 Å². The molecule has 5 nitrogen and oxygen atoms in total. The average molecular weight is 211 g/mol. The molecule has 1 saturated heterocycles. The van der Waals surface area contributed by atoms with E-state index in [-0.39, 0.29) is 6.10 Å². The highest BCUT2D eigenvalue weighted by Crippen LogP contribution is 2.21. The summed E-state index contributed by atoms with van der Waals surface area (Å²) in [4.78, 5) is 6.55. The van der Waals surface area contributed by atoms with Gasteiger partial charge in [-0.2, -0.15) is 4.98 Å². The number of aromatic nitrogens is 2. The summed E-state index contributed by atoms with van der Waals surface area (Å²) in [6.45, 7) is 8.71. The number of morpholine rings is 1. The van der Waals surface area contributed by atoms with Crippen LogP contribution in [0.5, 0.6) is 0 Å². The van der Waals surface area contributed by atoms with Crippen molar-refractivity contribution in [1.82, 2.24) is 15.0 Å². The lowest BCUT2D eigenvalue weighted by atomic mass is 10.2. The molecule has 1 aliphatic rings. The zero-order valence-electron chi connectivity index (χ0n) is 9.43. The summed E-state index contributed by atoms with van der Waals surface area (Å²) in [5.41, 5.74) is 0. The van der Waals surface area contributed by atoms with Crippen LogP contribution in [0.25, 0.3) is 0 Å². The molecule has 1 atom stereocenters. The van der Waals surface area contributed by atoms with Gasteiger partial charge in [-0.15, -0.1) is 0 Å². The maximum atomic E-state index is 5.62. The molecule has 0 spiro atoms. The van der Waals surface area contributed by atoms with Crippen molar-refractivity contribution in [3.05, 3.63) is 11.7 Å². The van der Waals surface area contributed by atoms with Crippen LogP contribution in [0.2, 0.25) is 0 Å². The fraction of sp³-hybridized carbons (Fsp3) is 0.800. The lowest BCUT2D eigenvalue weighted by Gasteiger charge is -2.33. The Kier molecular flexibility index (Phi) is 3.02. The average Bonchev–Trinajstić information content (AvgIpc) is 2.65. The Balaban J connectivity index is 2.04. The van der Waals surface area contributed by atoms with Crippen molar-refractivity contribution >= 4 is 0 Å². The summed E-state index contributed by atoms with van der Waals surface area (Å²) < 4.78 is 10.7. The first-order chi connectivity index (χ1) is 7.16. The van der Waals surface area contributed by atoms with Gasteiger partial charge in [0.1, 0.15) is 6.10 Å². The van der Waals surface area contributed by atoms with Gasteiger partial charge in [-0.3, -0.25) is 4.90 Å². The maximum Gasteiger partial charge on any atom is 0.257 e. The Morgan fingerprint density at radius 2 is 2.27 bits per heavy atom. The molecule has 1 fully saturated rings. The summed E-state index contributed by atoms with van der Waals surface area (Å²) in [6.07, 6.45) is -0.0673. The quantitative estimate of drug-likeness (QED) is 0.734. The van der Waals surface area contributed by atoms with Gasteiger partial charge in [0.05, 0.1) is 6.61 Å². The Hall–Kier alpha value is -0.940. The summed E-state index contributed by atoms with van der Waals surface area (Å²) in [5, 5.41) is 3.78. The molecule has 0 unspecified atom stereocenters. The molecule has 1 aliphatic heterocycles. The normalized spacial score (nSPS) is 23.6. The van der Waals surface area contributed by atoms with E-state index in [9.17, 15) is 0 Å². The number of rotatable bonds is 2. The highest BCUT2D eigenvalue weighted by atomic mass is 16.5. The van der Waals surface area contributed by atoms with Crippen LogP contribution in [0.1, 0.15) is 31.7 Å². The second-order valence-electron chi connectivity index (χ2n) is 4.13. The van der Waals surface area contributed by atoms with Gasteiger partial charge >= 0.3 is 0 Å². The molecule has 2 heterocycles. The third-order valence-electron chi connectivity index (χ3n) is 2.65. The molecule has 0 amide bonds. The van der Waals surface area contributed by atoms with E-state index in [4.69, 9.17) is 9.26 Å². The first kappa shape index (κ1) is 10.6. The molecule has 5 heteroatoms. The number of ether oxygens (including phenoxy) is 1. The van der Waals surface area contributed by atoms with Gasteiger partial charge in [0.15, 0.2) is 5.82 Å². The van der Waals surface area contributed by atoms with Crippen molar-refractivity contribution < 1.29 is 9.26 Å².